The maximum atomic E-state index is 12.7. The number of imidazole rings is 1. The number of anilines is 1. The molecule has 2 atom stereocenters. The van der Waals surface area contributed by atoms with E-state index in [1.54, 1.807) is 6.20 Å². The topological polar surface area (TPSA) is 68.0 Å². The molecule has 0 bridgehead atoms. The molecule has 3 rings (SSSR count). The Labute approximate surface area is 142 Å². The molecule has 0 fully saturated rings. The van der Waals surface area contributed by atoms with Crippen LogP contribution < -0.4 is 5.32 Å². The molecule has 0 aliphatic carbocycles. The van der Waals surface area contributed by atoms with Gasteiger partial charge >= 0.3 is 0 Å². The molecule has 3 heterocycles. The van der Waals surface area contributed by atoms with Crippen molar-refractivity contribution in [2.24, 2.45) is 7.05 Å². The van der Waals surface area contributed by atoms with Gasteiger partial charge in [0.1, 0.15) is 5.82 Å². The van der Waals surface area contributed by atoms with Crippen molar-refractivity contribution in [3.63, 3.8) is 0 Å². The van der Waals surface area contributed by atoms with Gasteiger partial charge < -0.3 is 9.88 Å². The highest BCUT2D eigenvalue weighted by atomic mass is 16.2. The lowest BCUT2D eigenvalue weighted by Gasteiger charge is -2.31. The molecule has 0 saturated carbocycles. The molecular weight excluding hydrogens is 304 g/mol. The van der Waals surface area contributed by atoms with Crippen molar-refractivity contribution >= 4 is 11.7 Å². The zero-order valence-electron chi connectivity index (χ0n) is 14.9. The second-order valence-corrected chi connectivity index (χ2v) is 6.55. The molecule has 0 aromatic carbocycles. The Balaban J connectivity index is 1.67. The van der Waals surface area contributed by atoms with E-state index in [9.17, 15) is 4.79 Å². The van der Waals surface area contributed by atoms with Gasteiger partial charge in [-0.15, -0.1) is 0 Å². The molecule has 1 aliphatic rings. The van der Waals surface area contributed by atoms with Crippen molar-refractivity contribution < 1.29 is 4.79 Å². The molecule has 2 aromatic rings. The number of aromatic nitrogens is 4. The first kappa shape index (κ1) is 16.7. The lowest BCUT2D eigenvalue weighted by molar-refractivity contribution is -0.121. The number of fused-ring (bicyclic) bond motifs is 1. The first-order valence-corrected chi connectivity index (χ1v) is 8.58. The third kappa shape index (κ3) is 3.08. The van der Waals surface area contributed by atoms with Crippen LogP contribution in [0, 0.1) is 0 Å². The second-order valence-electron chi connectivity index (χ2n) is 6.55. The summed E-state index contributed by atoms with van der Waals surface area (Å²) in [5.41, 5.74) is 2.35. The number of rotatable bonds is 5. The van der Waals surface area contributed by atoms with Gasteiger partial charge in [-0.1, -0.05) is 6.92 Å². The number of amides is 1. The molecule has 1 amide bonds. The van der Waals surface area contributed by atoms with E-state index in [2.05, 4.69) is 38.7 Å². The second kappa shape index (κ2) is 6.76. The summed E-state index contributed by atoms with van der Waals surface area (Å²) in [6.07, 6.45) is 5.47. The molecule has 24 heavy (non-hydrogen) atoms. The lowest BCUT2D eigenvalue weighted by Crippen LogP contribution is -2.45. The summed E-state index contributed by atoms with van der Waals surface area (Å²) in [5, 5.41) is 7.35. The van der Waals surface area contributed by atoms with E-state index >= 15 is 0 Å². The Bertz CT molecular complexity index is 718. The van der Waals surface area contributed by atoms with E-state index in [-0.39, 0.29) is 18.0 Å². The number of aryl methyl sites for hydroxylation is 1. The fourth-order valence-corrected chi connectivity index (χ4v) is 3.14. The van der Waals surface area contributed by atoms with E-state index in [0.717, 1.165) is 37.4 Å². The largest absolute Gasteiger partial charge is 0.337 e. The fraction of sp³-hybridized carbons (Fsp3) is 0.588. The van der Waals surface area contributed by atoms with Crippen LogP contribution in [-0.4, -0.2) is 42.7 Å². The molecule has 2 aromatic heterocycles. The van der Waals surface area contributed by atoms with Crippen LogP contribution in [0.5, 0.6) is 0 Å². The number of nitrogens with zero attached hydrogens (tertiary/aromatic N) is 5. The van der Waals surface area contributed by atoms with Crippen LogP contribution in [0.15, 0.2) is 18.6 Å². The van der Waals surface area contributed by atoms with E-state index in [4.69, 9.17) is 0 Å². The number of hydrogen-bond acceptors (Lipinski definition) is 4. The van der Waals surface area contributed by atoms with E-state index in [1.165, 1.54) is 5.69 Å². The number of carbonyl (C=O) groups is 1. The van der Waals surface area contributed by atoms with Crippen LogP contribution in [0.3, 0.4) is 0 Å². The molecule has 2 unspecified atom stereocenters. The summed E-state index contributed by atoms with van der Waals surface area (Å²) in [6, 6.07) is 1.90. The smallest absolute Gasteiger partial charge is 0.242 e. The summed E-state index contributed by atoms with van der Waals surface area (Å²) in [6.45, 7) is 7.74. The third-order valence-electron chi connectivity index (χ3n) is 4.99. The van der Waals surface area contributed by atoms with E-state index < -0.39 is 0 Å². The summed E-state index contributed by atoms with van der Waals surface area (Å²) >= 11 is 0. The summed E-state index contributed by atoms with van der Waals surface area (Å²) in [5.74, 6) is 0.760. The van der Waals surface area contributed by atoms with Gasteiger partial charge in [0, 0.05) is 38.3 Å². The van der Waals surface area contributed by atoms with Crippen LogP contribution in [0.25, 0.3) is 0 Å². The van der Waals surface area contributed by atoms with Crippen molar-refractivity contribution in [3.8, 4) is 0 Å². The Morgan fingerprint density at radius 2 is 2.21 bits per heavy atom. The van der Waals surface area contributed by atoms with Gasteiger partial charge in [0.2, 0.25) is 5.91 Å². The van der Waals surface area contributed by atoms with Crippen LogP contribution in [0.4, 0.5) is 5.82 Å². The number of hydrogen-bond donors (Lipinski definition) is 1. The van der Waals surface area contributed by atoms with Crippen molar-refractivity contribution in [3.05, 3.63) is 30.0 Å². The minimum absolute atomic E-state index is 0.000524. The van der Waals surface area contributed by atoms with Gasteiger partial charge in [0.15, 0.2) is 0 Å². The average Bonchev–Trinajstić information content (AvgIpc) is 3.20. The summed E-state index contributed by atoms with van der Waals surface area (Å²) < 4.78 is 3.94. The molecular formula is C17H26N6O. The highest BCUT2D eigenvalue weighted by Gasteiger charge is 2.28. The maximum absolute atomic E-state index is 12.7. The van der Waals surface area contributed by atoms with Crippen molar-refractivity contribution in [2.45, 2.75) is 52.2 Å². The maximum Gasteiger partial charge on any atom is 0.242 e. The molecule has 0 radical (unpaired) electrons. The molecule has 130 valence electrons. The quantitative estimate of drug-likeness (QED) is 0.910. The Kier molecular flexibility index (Phi) is 4.71. The predicted octanol–water partition coefficient (Wildman–Crippen LogP) is 1.97. The zero-order valence-corrected chi connectivity index (χ0v) is 14.9. The lowest BCUT2D eigenvalue weighted by atomic mass is 10.1. The van der Waals surface area contributed by atoms with Gasteiger partial charge in [-0.25, -0.2) is 9.67 Å². The van der Waals surface area contributed by atoms with Crippen LogP contribution in [-0.2, 0) is 24.8 Å². The van der Waals surface area contributed by atoms with Crippen molar-refractivity contribution in [1.82, 2.24) is 24.2 Å². The Hall–Kier alpha value is -2.15. The zero-order chi connectivity index (χ0) is 17.3. The predicted molar refractivity (Wildman–Crippen MR) is 92.6 cm³/mol. The number of nitrogens with one attached hydrogen (secondary N) is 1. The number of carbonyl (C=O) groups excluding carboxylic acids is 1. The van der Waals surface area contributed by atoms with E-state index in [1.807, 2.05) is 31.0 Å². The summed E-state index contributed by atoms with van der Waals surface area (Å²) in [4.78, 5) is 19.3. The molecule has 0 saturated heterocycles. The van der Waals surface area contributed by atoms with Gasteiger partial charge in [-0.2, -0.15) is 5.10 Å². The molecule has 0 spiro atoms. The van der Waals surface area contributed by atoms with Gasteiger partial charge in [-0.05, 0) is 20.3 Å². The van der Waals surface area contributed by atoms with Crippen molar-refractivity contribution in [2.75, 3.05) is 11.9 Å². The SMILES string of the molecule is CCC(C)n1nccc1NC(=O)C(C)N1CCc2c(ncn2C)C1. The van der Waals surface area contributed by atoms with Crippen LogP contribution in [0.2, 0.25) is 0 Å². The van der Waals surface area contributed by atoms with Gasteiger partial charge in [-0.3, -0.25) is 9.69 Å². The molecule has 7 nitrogen and oxygen atoms in total. The Morgan fingerprint density at radius 3 is 2.96 bits per heavy atom. The van der Waals surface area contributed by atoms with Crippen LogP contribution in [0.1, 0.15) is 44.6 Å². The van der Waals surface area contributed by atoms with Gasteiger partial charge in [0.05, 0.1) is 30.3 Å². The van der Waals surface area contributed by atoms with E-state index in [0.29, 0.717) is 0 Å². The normalized spacial score (nSPS) is 17.3. The first-order valence-electron chi connectivity index (χ1n) is 8.58. The molecule has 7 heteroatoms. The van der Waals surface area contributed by atoms with Gasteiger partial charge in [0.25, 0.3) is 0 Å². The standard InChI is InChI=1S/C17H26N6O/c1-5-12(2)23-16(6-8-19-23)20-17(24)13(3)22-9-7-15-14(10-22)18-11-21(15)4/h6,8,11-13H,5,7,9-10H2,1-4H3,(H,20,24). The first-order chi connectivity index (χ1) is 11.5. The summed E-state index contributed by atoms with van der Waals surface area (Å²) in [7, 11) is 2.02. The minimum Gasteiger partial charge on any atom is -0.337 e. The van der Waals surface area contributed by atoms with Crippen molar-refractivity contribution in [1.29, 1.82) is 0 Å². The monoisotopic (exact) mass is 330 g/mol. The molecule has 1 aliphatic heterocycles. The fourth-order valence-electron chi connectivity index (χ4n) is 3.14. The molecule has 1 N–H and O–H groups in total. The Morgan fingerprint density at radius 1 is 1.42 bits per heavy atom. The third-order valence-corrected chi connectivity index (χ3v) is 4.99. The highest BCUT2D eigenvalue weighted by molar-refractivity contribution is 5.93. The minimum atomic E-state index is -0.208. The van der Waals surface area contributed by atoms with Crippen LogP contribution >= 0.6 is 0 Å². The average molecular weight is 330 g/mol. The highest BCUT2D eigenvalue weighted by Crippen LogP contribution is 2.21.